The normalized spacial score (nSPS) is 22.4. The lowest BCUT2D eigenvalue weighted by molar-refractivity contribution is -0.133. The van der Waals surface area contributed by atoms with E-state index < -0.39 is 0 Å². The van der Waals surface area contributed by atoms with E-state index in [2.05, 4.69) is 22.0 Å². The Labute approximate surface area is 158 Å². The third kappa shape index (κ3) is 3.35. The molecule has 0 aliphatic carbocycles. The van der Waals surface area contributed by atoms with Crippen LogP contribution >= 0.6 is 0 Å². The van der Waals surface area contributed by atoms with Crippen molar-refractivity contribution in [1.82, 2.24) is 19.8 Å². The summed E-state index contributed by atoms with van der Waals surface area (Å²) in [5.74, 6) is 0.653. The van der Waals surface area contributed by atoms with Gasteiger partial charge in [-0.3, -0.25) is 4.79 Å². The highest BCUT2D eigenvalue weighted by Gasteiger charge is 2.25. The Bertz CT molecular complexity index is 841. The quantitative estimate of drug-likeness (QED) is 0.776. The Morgan fingerprint density at radius 2 is 2.22 bits per heavy atom. The molecule has 1 unspecified atom stereocenters. The number of rotatable bonds is 6. The molecule has 144 valence electrons. The summed E-state index contributed by atoms with van der Waals surface area (Å²) in [7, 11) is 0. The van der Waals surface area contributed by atoms with Crippen molar-refractivity contribution in [1.29, 1.82) is 0 Å². The molecule has 1 amide bonds. The average Bonchev–Trinajstić information content (AvgIpc) is 2.95. The summed E-state index contributed by atoms with van der Waals surface area (Å²) in [5, 5.41) is 4.47. The standard InChI is InChI=1S/C20H26N4O3/c25-19(2-6-26-13-17-1-3-21-17)23-4-5-24-18(10-23)8-14-7-15(9-22-20(14)24)16-11-27-12-16/h7-9,16-17,21H,1-6,10-13H2. The molecule has 1 N–H and O–H groups in total. The van der Waals surface area contributed by atoms with Gasteiger partial charge in [0.05, 0.1) is 39.4 Å². The first-order chi connectivity index (χ1) is 13.3. The van der Waals surface area contributed by atoms with Crippen LogP contribution in [0.25, 0.3) is 11.0 Å². The van der Waals surface area contributed by atoms with E-state index in [0.717, 1.165) is 38.5 Å². The van der Waals surface area contributed by atoms with E-state index in [-0.39, 0.29) is 5.91 Å². The van der Waals surface area contributed by atoms with Gasteiger partial charge in [0.2, 0.25) is 5.91 Å². The predicted octanol–water partition coefficient (Wildman–Crippen LogP) is 1.26. The summed E-state index contributed by atoms with van der Waals surface area (Å²) in [4.78, 5) is 19.2. The molecule has 2 aromatic heterocycles. The lowest BCUT2D eigenvalue weighted by Gasteiger charge is -2.29. The number of carbonyl (C=O) groups is 1. The summed E-state index contributed by atoms with van der Waals surface area (Å²) < 4.78 is 13.2. The predicted molar refractivity (Wildman–Crippen MR) is 101 cm³/mol. The van der Waals surface area contributed by atoms with Crippen molar-refractivity contribution in [2.75, 3.05) is 39.5 Å². The molecule has 3 aliphatic rings. The Morgan fingerprint density at radius 1 is 1.33 bits per heavy atom. The van der Waals surface area contributed by atoms with Gasteiger partial charge in [0.15, 0.2) is 0 Å². The molecule has 2 aromatic rings. The molecule has 5 rings (SSSR count). The molecule has 2 saturated heterocycles. The number of ether oxygens (including phenoxy) is 2. The van der Waals surface area contributed by atoms with E-state index in [1.54, 1.807) is 0 Å². The van der Waals surface area contributed by atoms with Crippen molar-refractivity contribution in [3.63, 3.8) is 0 Å². The minimum Gasteiger partial charge on any atom is -0.380 e. The van der Waals surface area contributed by atoms with Crippen LogP contribution in [0.4, 0.5) is 0 Å². The zero-order valence-electron chi connectivity index (χ0n) is 15.5. The van der Waals surface area contributed by atoms with Crippen molar-refractivity contribution in [3.05, 3.63) is 29.6 Å². The molecular weight excluding hydrogens is 344 g/mol. The summed E-state index contributed by atoms with van der Waals surface area (Å²) in [6.45, 7) is 6.08. The molecule has 2 fully saturated rings. The molecule has 7 heteroatoms. The maximum Gasteiger partial charge on any atom is 0.225 e. The largest absolute Gasteiger partial charge is 0.380 e. The fraction of sp³-hybridized carbons (Fsp3) is 0.600. The van der Waals surface area contributed by atoms with Crippen molar-refractivity contribution in [2.24, 2.45) is 0 Å². The zero-order chi connectivity index (χ0) is 18.2. The van der Waals surface area contributed by atoms with Gasteiger partial charge in [0, 0.05) is 42.3 Å². The minimum absolute atomic E-state index is 0.174. The smallest absolute Gasteiger partial charge is 0.225 e. The van der Waals surface area contributed by atoms with Crippen molar-refractivity contribution in [3.8, 4) is 0 Å². The number of pyridine rings is 1. The van der Waals surface area contributed by atoms with Gasteiger partial charge in [-0.2, -0.15) is 0 Å². The maximum absolute atomic E-state index is 12.5. The van der Waals surface area contributed by atoms with E-state index >= 15 is 0 Å². The van der Waals surface area contributed by atoms with Crippen LogP contribution in [0.3, 0.4) is 0 Å². The van der Waals surface area contributed by atoms with Gasteiger partial charge in [-0.1, -0.05) is 0 Å². The average molecular weight is 370 g/mol. The molecular formula is C20H26N4O3. The van der Waals surface area contributed by atoms with E-state index in [9.17, 15) is 4.79 Å². The van der Waals surface area contributed by atoms with Crippen LogP contribution in [0.1, 0.15) is 30.0 Å². The third-order valence-corrected chi connectivity index (χ3v) is 5.95. The van der Waals surface area contributed by atoms with Crippen LogP contribution in [-0.4, -0.2) is 65.9 Å². The zero-order valence-corrected chi connectivity index (χ0v) is 15.5. The lowest BCUT2D eigenvalue weighted by Crippen LogP contribution is -2.46. The molecule has 0 saturated carbocycles. The van der Waals surface area contributed by atoms with Crippen LogP contribution in [0.15, 0.2) is 18.3 Å². The molecule has 3 aliphatic heterocycles. The van der Waals surface area contributed by atoms with E-state index in [1.165, 1.54) is 23.1 Å². The first-order valence-electron chi connectivity index (χ1n) is 9.92. The van der Waals surface area contributed by atoms with Gasteiger partial charge in [-0.25, -0.2) is 4.98 Å². The van der Waals surface area contributed by atoms with Gasteiger partial charge < -0.3 is 24.3 Å². The van der Waals surface area contributed by atoms with Crippen LogP contribution in [-0.2, 0) is 27.4 Å². The Morgan fingerprint density at radius 3 is 2.96 bits per heavy atom. The molecule has 0 aromatic carbocycles. The van der Waals surface area contributed by atoms with Crippen LogP contribution in [0.2, 0.25) is 0 Å². The number of hydrogen-bond acceptors (Lipinski definition) is 5. The van der Waals surface area contributed by atoms with E-state index in [4.69, 9.17) is 14.5 Å². The van der Waals surface area contributed by atoms with E-state index in [0.29, 0.717) is 38.1 Å². The van der Waals surface area contributed by atoms with Gasteiger partial charge in [0.1, 0.15) is 5.65 Å². The number of aromatic nitrogens is 2. The van der Waals surface area contributed by atoms with Gasteiger partial charge in [-0.15, -0.1) is 0 Å². The molecule has 0 spiro atoms. The first kappa shape index (κ1) is 17.2. The molecule has 5 heterocycles. The number of fused-ring (bicyclic) bond motifs is 3. The number of hydrogen-bond donors (Lipinski definition) is 1. The third-order valence-electron chi connectivity index (χ3n) is 5.95. The summed E-state index contributed by atoms with van der Waals surface area (Å²) >= 11 is 0. The Kier molecular flexibility index (Phi) is 4.59. The summed E-state index contributed by atoms with van der Waals surface area (Å²) in [5.41, 5.74) is 3.44. The van der Waals surface area contributed by atoms with Crippen LogP contribution in [0.5, 0.6) is 0 Å². The number of nitrogens with zero attached hydrogens (tertiary/aromatic N) is 3. The number of carbonyl (C=O) groups excluding carboxylic acids is 1. The fourth-order valence-corrected chi connectivity index (χ4v) is 3.99. The van der Waals surface area contributed by atoms with Crippen LogP contribution in [0, 0.1) is 0 Å². The second-order valence-electron chi connectivity index (χ2n) is 7.78. The van der Waals surface area contributed by atoms with Crippen molar-refractivity contribution < 1.29 is 14.3 Å². The van der Waals surface area contributed by atoms with Gasteiger partial charge in [-0.05, 0) is 30.7 Å². The lowest BCUT2D eigenvalue weighted by atomic mass is 9.99. The fourth-order valence-electron chi connectivity index (χ4n) is 3.99. The Balaban J connectivity index is 1.21. The second-order valence-corrected chi connectivity index (χ2v) is 7.78. The monoisotopic (exact) mass is 370 g/mol. The number of amides is 1. The van der Waals surface area contributed by atoms with Gasteiger partial charge >= 0.3 is 0 Å². The SMILES string of the molecule is O=C(CCOCC1CCN1)N1CCn2c(cc3cc(C4COC4)cnc32)C1. The molecule has 7 nitrogen and oxygen atoms in total. The molecule has 0 bridgehead atoms. The summed E-state index contributed by atoms with van der Waals surface area (Å²) in [6, 6.07) is 4.90. The topological polar surface area (TPSA) is 68.6 Å². The highest BCUT2D eigenvalue weighted by atomic mass is 16.5. The van der Waals surface area contributed by atoms with Crippen molar-refractivity contribution in [2.45, 2.75) is 37.9 Å². The second kappa shape index (κ2) is 7.22. The van der Waals surface area contributed by atoms with Crippen molar-refractivity contribution >= 4 is 16.9 Å². The summed E-state index contributed by atoms with van der Waals surface area (Å²) in [6.07, 6.45) is 3.61. The number of nitrogens with one attached hydrogen (secondary N) is 1. The molecule has 27 heavy (non-hydrogen) atoms. The van der Waals surface area contributed by atoms with E-state index in [1.807, 2.05) is 11.1 Å². The van der Waals surface area contributed by atoms with Gasteiger partial charge in [0.25, 0.3) is 0 Å². The highest BCUT2D eigenvalue weighted by Crippen LogP contribution is 2.29. The Hall–Kier alpha value is -1.96. The molecule has 0 radical (unpaired) electrons. The maximum atomic E-state index is 12.5. The first-order valence-corrected chi connectivity index (χ1v) is 9.92. The van der Waals surface area contributed by atoms with Crippen LogP contribution < -0.4 is 5.32 Å². The minimum atomic E-state index is 0.174. The highest BCUT2D eigenvalue weighted by molar-refractivity contribution is 5.80. The molecule has 1 atom stereocenters.